The molecule has 1 rings (SSSR count). The lowest BCUT2D eigenvalue weighted by atomic mass is 10.0. The van der Waals surface area contributed by atoms with E-state index in [-0.39, 0.29) is 5.78 Å². The Labute approximate surface area is 84.6 Å². The lowest BCUT2D eigenvalue weighted by Crippen LogP contribution is -2.09. The molecular formula is C11H16N2O. The van der Waals surface area contributed by atoms with Gasteiger partial charge in [-0.05, 0) is 19.8 Å². The Hall–Kier alpha value is -1.25. The lowest BCUT2D eigenvalue weighted by Gasteiger charge is -2.05. The van der Waals surface area contributed by atoms with Crippen LogP contribution in [0, 0.1) is 19.8 Å². The Morgan fingerprint density at radius 3 is 2.57 bits per heavy atom. The van der Waals surface area contributed by atoms with E-state index in [1.165, 1.54) is 0 Å². The van der Waals surface area contributed by atoms with Crippen molar-refractivity contribution in [3.63, 3.8) is 0 Å². The van der Waals surface area contributed by atoms with Gasteiger partial charge in [-0.3, -0.25) is 9.78 Å². The van der Waals surface area contributed by atoms with E-state index in [0.717, 1.165) is 11.4 Å². The molecule has 0 N–H and O–H groups in total. The van der Waals surface area contributed by atoms with Crippen molar-refractivity contribution in [3.8, 4) is 0 Å². The maximum absolute atomic E-state index is 11.7. The van der Waals surface area contributed by atoms with Crippen LogP contribution in [0.4, 0.5) is 0 Å². The first-order chi connectivity index (χ1) is 6.50. The molecule has 0 atom stereocenters. The predicted octanol–water partition coefficient (Wildman–Crippen LogP) is 2.32. The largest absolute Gasteiger partial charge is 0.292 e. The summed E-state index contributed by atoms with van der Waals surface area (Å²) in [4.78, 5) is 20.0. The Balaban J connectivity index is 2.90. The molecule has 0 bridgehead atoms. The SMILES string of the molecule is Cc1cnc(C(=O)CC(C)C)c(C)n1. The van der Waals surface area contributed by atoms with E-state index in [1.54, 1.807) is 6.20 Å². The van der Waals surface area contributed by atoms with E-state index < -0.39 is 0 Å². The summed E-state index contributed by atoms with van der Waals surface area (Å²) in [7, 11) is 0. The summed E-state index contributed by atoms with van der Waals surface area (Å²) in [5.74, 6) is 0.454. The minimum absolute atomic E-state index is 0.0880. The van der Waals surface area contributed by atoms with Gasteiger partial charge in [0, 0.05) is 12.6 Å². The van der Waals surface area contributed by atoms with Gasteiger partial charge in [0.1, 0.15) is 5.69 Å². The van der Waals surface area contributed by atoms with Gasteiger partial charge < -0.3 is 0 Å². The van der Waals surface area contributed by atoms with E-state index in [1.807, 2.05) is 27.7 Å². The van der Waals surface area contributed by atoms with Gasteiger partial charge in [-0.2, -0.15) is 0 Å². The molecule has 76 valence electrons. The zero-order valence-electron chi connectivity index (χ0n) is 9.16. The topological polar surface area (TPSA) is 42.9 Å². The number of rotatable bonds is 3. The van der Waals surface area contributed by atoms with Crippen LogP contribution in [-0.4, -0.2) is 15.8 Å². The molecule has 0 unspecified atom stereocenters. The molecule has 1 heterocycles. The average molecular weight is 192 g/mol. The van der Waals surface area contributed by atoms with E-state index >= 15 is 0 Å². The highest BCUT2D eigenvalue weighted by Crippen LogP contribution is 2.09. The molecule has 0 aliphatic rings. The van der Waals surface area contributed by atoms with Crippen LogP contribution in [0.25, 0.3) is 0 Å². The molecular weight excluding hydrogens is 176 g/mol. The molecule has 0 fully saturated rings. The van der Waals surface area contributed by atoms with Crippen LogP contribution in [-0.2, 0) is 0 Å². The standard InChI is InChI=1S/C11H16N2O/c1-7(2)5-10(14)11-9(4)13-8(3)6-12-11/h6-7H,5H2,1-4H3. The second-order valence-electron chi connectivity index (χ2n) is 3.97. The zero-order valence-corrected chi connectivity index (χ0v) is 9.16. The summed E-state index contributed by atoms with van der Waals surface area (Å²) >= 11 is 0. The van der Waals surface area contributed by atoms with Crippen molar-refractivity contribution in [2.75, 3.05) is 0 Å². The molecule has 0 aromatic carbocycles. The van der Waals surface area contributed by atoms with Crippen molar-refractivity contribution in [1.29, 1.82) is 0 Å². The van der Waals surface area contributed by atoms with Gasteiger partial charge in [0.2, 0.25) is 0 Å². The highest BCUT2D eigenvalue weighted by molar-refractivity contribution is 5.95. The number of Topliss-reactive ketones (excluding diaryl/α,β-unsaturated/α-hetero) is 1. The Kier molecular flexibility index (Phi) is 3.33. The fraction of sp³-hybridized carbons (Fsp3) is 0.545. The van der Waals surface area contributed by atoms with Crippen LogP contribution >= 0.6 is 0 Å². The van der Waals surface area contributed by atoms with Gasteiger partial charge in [0.15, 0.2) is 5.78 Å². The van der Waals surface area contributed by atoms with Crippen molar-refractivity contribution in [1.82, 2.24) is 9.97 Å². The maximum atomic E-state index is 11.7. The molecule has 1 aromatic rings. The van der Waals surface area contributed by atoms with Gasteiger partial charge in [-0.25, -0.2) is 4.98 Å². The van der Waals surface area contributed by atoms with Crippen LogP contribution in [0.1, 0.15) is 42.1 Å². The number of ketones is 1. The number of hydrogen-bond acceptors (Lipinski definition) is 3. The molecule has 0 aliphatic heterocycles. The Morgan fingerprint density at radius 1 is 1.43 bits per heavy atom. The molecule has 1 aromatic heterocycles. The molecule has 3 nitrogen and oxygen atoms in total. The van der Waals surface area contributed by atoms with Crippen molar-refractivity contribution in [2.24, 2.45) is 5.92 Å². The second kappa shape index (κ2) is 4.31. The first-order valence-corrected chi connectivity index (χ1v) is 4.84. The van der Waals surface area contributed by atoms with Gasteiger partial charge in [-0.1, -0.05) is 13.8 Å². The van der Waals surface area contributed by atoms with Gasteiger partial charge in [0.25, 0.3) is 0 Å². The van der Waals surface area contributed by atoms with Gasteiger partial charge in [0.05, 0.1) is 11.4 Å². The van der Waals surface area contributed by atoms with Crippen molar-refractivity contribution in [2.45, 2.75) is 34.1 Å². The predicted molar refractivity (Wildman–Crippen MR) is 55.3 cm³/mol. The van der Waals surface area contributed by atoms with Crippen LogP contribution in [0.3, 0.4) is 0 Å². The van der Waals surface area contributed by atoms with E-state index in [4.69, 9.17) is 0 Å². The summed E-state index contributed by atoms with van der Waals surface area (Å²) in [6.07, 6.45) is 2.18. The number of aryl methyl sites for hydroxylation is 2. The van der Waals surface area contributed by atoms with Gasteiger partial charge in [-0.15, -0.1) is 0 Å². The molecule has 0 spiro atoms. The minimum atomic E-state index is 0.0880. The molecule has 0 radical (unpaired) electrons. The van der Waals surface area contributed by atoms with Crippen LogP contribution in [0.15, 0.2) is 6.20 Å². The van der Waals surface area contributed by atoms with Crippen LogP contribution in [0.2, 0.25) is 0 Å². The number of hydrogen-bond donors (Lipinski definition) is 0. The van der Waals surface area contributed by atoms with E-state index in [0.29, 0.717) is 18.0 Å². The lowest BCUT2D eigenvalue weighted by molar-refractivity contribution is 0.0962. The Morgan fingerprint density at radius 2 is 2.07 bits per heavy atom. The quantitative estimate of drug-likeness (QED) is 0.690. The second-order valence-corrected chi connectivity index (χ2v) is 3.97. The summed E-state index contributed by atoms with van der Waals surface area (Å²) in [6.45, 7) is 7.74. The zero-order chi connectivity index (χ0) is 10.7. The number of carbonyl (C=O) groups excluding carboxylic acids is 1. The van der Waals surface area contributed by atoms with Crippen LogP contribution in [0.5, 0.6) is 0 Å². The highest BCUT2D eigenvalue weighted by Gasteiger charge is 2.13. The first-order valence-electron chi connectivity index (χ1n) is 4.84. The molecule has 0 aliphatic carbocycles. The van der Waals surface area contributed by atoms with Gasteiger partial charge >= 0.3 is 0 Å². The van der Waals surface area contributed by atoms with Crippen LogP contribution < -0.4 is 0 Å². The third-order valence-electron chi connectivity index (χ3n) is 1.93. The average Bonchev–Trinajstić information content (AvgIpc) is 2.01. The normalized spacial score (nSPS) is 10.6. The smallest absolute Gasteiger partial charge is 0.183 e. The first kappa shape index (κ1) is 10.8. The van der Waals surface area contributed by atoms with Crippen molar-refractivity contribution in [3.05, 3.63) is 23.3 Å². The summed E-state index contributed by atoms with van der Waals surface area (Å²) in [5, 5.41) is 0. The molecule has 0 amide bonds. The molecule has 3 heteroatoms. The highest BCUT2D eigenvalue weighted by atomic mass is 16.1. The fourth-order valence-corrected chi connectivity index (χ4v) is 1.34. The van der Waals surface area contributed by atoms with Crippen molar-refractivity contribution < 1.29 is 4.79 Å². The maximum Gasteiger partial charge on any atom is 0.183 e. The fourth-order valence-electron chi connectivity index (χ4n) is 1.34. The Bertz CT molecular complexity index is 345. The summed E-state index contributed by atoms with van der Waals surface area (Å²) < 4.78 is 0. The third kappa shape index (κ3) is 2.62. The number of aromatic nitrogens is 2. The minimum Gasteiger partial charge on any atom is -0.292 e. The molecule has 0 saturated heterocycles. The van der Waals surface area contributed by atoms with E-state index in [9.17, 15) is 4.79 Å². The molecule has 14 heavy (non-hydrogen) atoms. The summed E-state index contributed by atoms with van der Waals surface area (Å²) in [6, 6.07) is 0. The third-order valence-corrected chi connectivity index (χ3v) is 1.93. The number of carbonyl (C=O) groups is 1. The number of nitrogens with zero attached hydrogens (tertiary/aromatic N) is 2. The molecule has 0 saturated carbocycles. The monoisotopic (exact) mass is 192 g/mol. The van der Waals surface area contributed by atoms with Crippen molar-refractivity contribution >= 4 is 5.78 Å². The van der Waals surface area contributed by atoms with E-state index in [2.05, 4.69) is 9.97 Å². The summed E-state index contributed by atoms with van der Waals surface area (Å²) in [5.41, 5.74) is 2.10.